The molecular formula is C13H20O5. The van der Waals surface area contributed by atoms with Crippen molar-refractivity contribution in [3.63, 3.8) is 0 Å². The van der Waals surface area contributed by atoms with E-state index in [1.807, 2.05) is 12.1 Å². The van der Waals surface area contributed by atoms with Crippen molar-refractivity contribution < 1.29 is 23.4 Å². The van der Waals surface area contributed by atoms with Gasteiger partial charge in [-0.3, -0.25) is 0 Å². The van der Waals surface area contributed by atoms with E-state index in [-0.39, 0.29) is 24.4 Å². The molecule has 0 saturated carbocycles. The SMILES string of the molecule is COC[C@H]1O[C@@H](c2ccco2)C[C@@H](OC)[C@@H]1OC. The summed E-state index contributed by atoms with van der Waals surface area (Å²) in [7, 11) is 5.00. The van der Waals surface area contributed by atoms with E-state index >= 15 is 0 Å². The maximum atomic E-state index is 5.98. The number of hydrogen-bond acceptors (Lipinski definition) is 5. The third-order valence-corrected chi connectivity index (χ3v) is 3.28. The molecule has 0 unspecified atom stereocenters. The highest BCUT2D eigenvalue weighted by Gasteiger charge is 2.40. The monoisotopic (exact) mass is 256 g/mol. The van der Waals surface area contributed by atoms with Gasteiger partial charge < -0.3 is 23.4 Å². The topological polar surface area (TPSA) is 50.1 Å². The standard InChI is InChI=1S/C13H20O5/c1-14-8-12-13(16-3)11(15-2)7-10(18-12)9-5-4-6-17-9/h4-6,10-13H,7-8H2,1-3H3/t10-,11-,12-,13+/m1/s1. The summed E-state index contributed by atoms with van der Waals surface area (Å²) in [6.07, 6.45) is 1.93. The van der Waals surface area contributed by atoms with Crippen molar-refractivity contribution >= 4 is 0 Å². The summed E-state index contributed by atoms with van der Waals surface area (Å²) in [6, 6.07) is 3.77. The Morgan fingerprint density at radius 3 is 2.67 bits per heavy atom. The molecule has 0 amide bonds. The fourth-order valence-electron chi connectivity index (χ4n) is 2.42. The maximum absolute atomic E-state index is 5.98. The fraction of sp³-hybridized carbons (Fsp3) is 0.692. The predicted molar refractivity (Wildman–Crippen MR) is 64.4 cm³/mol. The van der Waals surface area contributed by atoms with Crippen LogP contribution in [0.15, 0.2) is 22.8 Å². The van der Waals surface area contributed by atoms with Gasteiger partial charge in [-0.25, -0.2) is 0 Å². The van der Waals surface area contributed by atoms with Gasteiger partial charge in [-0.15, -0.1) is 0 Å². The number of ether oxygens (including phenoxy) is 4. The van der Waals surface area contributed by atoms with Crippen LogP contribution in [-0.4, -0.2) is 46.2 Å². The van der Waals surface area contributed by atoms with Crippen LogP contribution in [-0.2, 0) is 18.9 Å². The number of methoxy groups -OCH3 is 3. The Morgan fingerprint density at radius 1 is 1.28 bits per heavy atom. The van der Waals surface area contributed by atoms with Gasteiger partial charge in [-0.2, -0.15) is 0 Å². The third kappa shape index (κ3) is 2.75. The average molecular weight is 256 g/mol. The minimum Gasteiger partial charge on any atom is -0.467 e. The first-order valence-corrected chi connectivity index (χ1v) is 6.03. The zero-order valence-corrected chi connectivity index (χ0v) is 11.0. The molecule has 0 bridgehead atoms. The van der Waals surface area contributed by atoms with Crippen molar-refractivity contribution in [1.29, 1.82) is 0 Å². The second-order valence-electron chi connectivity index (χ2n) is 4.34. The predicted octanol–water partition coefficient (Wildman–Crippen LogP) is 1.79. The zero-order valence-electron chi connectivity index (χ0n) is 11.0. The molecule has 0 aliphatic carbocycles. The van der Waals surface area contributed by atoms with Crippen molar-refractivity contribution in [2.75, 3.05) is 27.9 Å². The summed E-state index contributed by atoms with van der Waals surface area (Å²) >= 11 is 0. The van der Waals surface area contributed by atoms with E-state index in [0.29, 0.717) is 13.0 Å². The number of hydrogen-bond donors (Lipinski definition) is 0. The van der Waals surface area contributed by atoms with Crippen molar-refractivity contribution in [1.82, 2.24) is 0 Å². The molecule has 18 heavy (non-hydrogen) atoms. The Morgan fingerprint density at radius 2 is 2.11 bits per heavy atom. The molecular weight excluding hydrogens is 236 g/mol. The quantitative estimate of drug-likeness (QED) is 0.803. The van der Waals surface area contributed by atoms with Gasteiger partial charge in [0.2, 0.25) is 0 Å². The molecule has 2 heterocycles. The highest BCUT2D eigenvalue weighted by atomic mass is 16.6. The van der Waals surface area contributed by atoms with Crippen LogP contribution in [0, 0.1) is 0 Å². The molecule has 5 nitrogen and oxygen atoms in total. The molecule has 1 aliphatic heterocycles. The van der Waals surface area contributed by atoms with Crippen molar-refractivity contribution in [2.24, 2.45) is 0 Å². The smallest absolute Gasteiger partial charge is 0.132 e. The summed E-state index contributed by atoms with van der Waals surface area (Å²) in [6.45, 7) is 0.468. The van der Waals surface area contributed by atoms with E-state index in [1.165, 1.54) is 0 Å². The molecule has 1 aromatic rings. The van der Waals surface area contributed by atoms with Gasteiger partial charge in [0.1, 0.15) is 24.1 Å². The lowest BCUT2D eigenvalue weighted by Gasteiger charge is -2.39. The van der Waals surface area contributed by atoms with E-state index in [4.69, 9.17) is 23.4 Å². The number of rotatable bonds is 5. The first kappa shape index (κ1) is 13.5. The summed E-state index contributed by atoms with van der Waals surface area (Å²) < 4.78 is 27.5. The van der Waals surface area contributed by atoms with Crippen LogP contribution in [0.4, 0.5) is 0 Å². The molecule has 0 spiro atoms. The Labute approximate surface area is 107 Å². The van der Waals surface area contributed by atoms with E-state index in [0.717, 1.165) is 5.76 Å². The van der Waals surface area contributed by atoms with Gasteiger partial charge in [0, 0.05) is 27.8 Å². The molecule has 1 aliphatic rings. The minimum atomic E-state index is -0.159. The Hall–Kier alpha value is -0.880. The molecule has 2 rings (SSSR count). The molecule has 0 radical (unpaired) electrons. The highest BCUT2D eigenvalue weighted by Crippen LogP contribution is 2.34. The maximum Gasteiger partial charge on any atom is 0.132 e. The lowest BCUT2D eigenvalue weighted by Crippen LogP contribution is -2.49. The molecule has 5 heteroatoms. The van der Waals surface area contributed by atoms with Crippen LogP contribution in [0.2, 0.25) is 0 Å². The highest BCUT2D eigenvalue weighted by molar-refractivity contribution is 5.05. The average Bonchev–Trinajstić information content (AvgIpc) is 2.92. The zero-order chi connectivity index (χ0) is 13.0. The molecule has 1 aromatic heterocycles. The van der Waals surface area contributed by atoms with Gasteiger partial charge in [0.25, 0.3) is 0 Å². The molecule has 0 aromatic carbocycles. The van der Waals surface area contributed by atoms with Crippen LogP contribution in [0.5, 0.6) is 0 Å². The van der Waals surface area contributed by atoms with E-state index in [1.54, 1.807) is 27.6 Å². The molecule has 102 valence electrons. The first-order chi connectivity index (χ1) is 8.80. The van der Waals surface area contributed by atoms with E-state index < -0.39 is 0 Å². The van der Waals surface area contributed by atoms with Gasteiger partial charge in [0.05, 0.1) is 19.0 Å². The van der Waals surface area contributed by atoms with E-state index in [2.05, 4.69) is 0 Å². The Kier molecular flexibility index (Phi) is 4.77. The van der Waals surface area contributed by atoms with E-state index in [9.17, 15) is 0 Å². The summed E-state index contributed by atoms with van der Waals surface area (Å²) in [5, 5.41) is 0. The Bertz CT molecular complexity index is 337. The normalized spacial score (nSPS) is 32.6. The van der Waals surface area contributed by atoms with Crippen LogP contribution in [0.25, 0.3) is 0 Å². The summed E-state index contributed by atoms with van der Waals surface area (Å²) in [4.78, 5) is 0. The van der Waals surface area contributed by atoms with Gasteiger partial charge >= 0.3 is 0 Å². The van der Waals surface area contributed by atoms with Gasteiger partial charge in [0.15, 0.2) is 0 Å². The van der Waals surface area contributed by atoms with Crippen molar-refractivity contribution in [2.45, 2.75) is 30.8 Å². The van der Waals surface area contributed by atoms with Gasteiger partial charge in [-0.05, 0) is 12.1 Å². The summed E-state index contributed by atoms with van der Waals surface area (Å²) in [5.74, 6) is 0.813. The van der Waals surface area contributed by atoms with Crippen LogP contribution in [0.3, 0.4) is 0 Å². The first-order valence-electron chi connectivity index (χ1n) is 6.03. The molecule has 4 atom stereocenters. The minimum absolute atomic E-state index is 0.0287. The van der Waals surface area contributed by atoms with Crippen molar-refractivity contribution in [3.8, 4) is 0 Å². The second-order valence-corrected chi connectivity index (χ2v) is 4.34. The van der Waals surface area contributed by atoms with Crippen LogP contribution >= 0.6 is 0 Å². The molecule has 1 fully saturated rings. The fourth-order valence-corrected chi connectivity index (χ4v) is 2.42. The van der Waals surface area contributed by atoms with Crippen LogP contribution < -0.4 is 0 Å². The molecule has 0 N–H and O–H groups in total. The van der Waals surface area contributed by atoms with Crippen molar-refractivity contribution in [3.05, 3.63) is 24.2 Å². The Balaban J connectivity index is 2.12. The number of furan rings is 1. The molecule has 1 saturated heterocycles. The largest absolute Gasteiger partial charge is 0.467 e. The third-order valence-electron chi connectivity index (χ3n) is 3.28. The van der Waals surface area contributed by atoms with Crippen LogP contribution in [0.1, 0.15) is 18.3 Å². The summed E-state index contributed by atoms with van der Waals surface area (Å²) in [5.41, 5.74) is 0. The second kappa shape index (κ2) is 6.33. The lowest BCUT2D eigenvalue weighted by atomic mass is 9.96. The van der Waals surface area contributed by atoms with Gasteiger partial charge in [-0.1, -0.05) is 0 Å². The lowest BCUT2D eigenvalue weighted by molar-refractivity contribution is -0.203.